The average molecular weight is 528 g/mol. The van der Waals surface area contributed by atoms with Gasteiger partial charge in [-0.3, -0.25) is 9.79 Å². The van der Waals surface area contributed by atoms with Gasteiger partial charge in [-0.05, 0) is 49.6 Å². The molecule has 1 saturated heterocycles. The Kier molecular flexibility index (Phi) is 6.71. The third kappa shape index (κ3) is 5.22. The molecule has 2 N–H and O–H groups in total. The van der Waals surface area contributed by atoms with Crippen LogP contribution >= 0.6 is 11.3 Å². The highest BCUT2D eigenvalue weighted by Gasteiger charge is 2.32. The monoisotopic (exact) mass is 527 g/mol. The summed E-state index contributed by atoms with van der Waals surface area (Å²) in [6, 6.07) is 4.80. The Labute approximate surface area is 204 Å². The number of hydrogen-bond donors (Lipinski definition) is 1. The van der Waals surface area contributed by atoms with Gasteiger partial charge in [0, 0.05) is 23.0 Å². The van der Waals surface area contributed by atoms with Crippen molar-refractivity contribution >= 4 is 37.1 Å². The van der Waals surface area contributed by atoms with Crippen molar-refractivity contribution in [1.29, 1.82) is 0 Å². The lowest BCUT2D eigenvalue weighted by Crippen LogP contribution is -2.27. The number of benzene rings is 1. The molecule has 2 aromatic heterocycles. The van der Waals surface area contributed by atoms with Crippen LogP contribution in [-0.2, 0) is 22.6 Å². The summed E-state index contributed by atoms with van der Waals surface area (Å²) in [6.07, 6.45) is -2.30. The van der Waals surface area contributed by atoms with Crippen molar-refractivity contribution in [2.24, 2.45) is 10.7 Å². The van der Waals surface area contributed by atoms with E-state index in [1.807, 2.05) is 0 Å². The van der Waals surface area contributed by atoms with Gasteiger partial charge in [0.2, 0.25) is 0 Å². The highest BCUT2D eigenvalue weighted by Crippen LogP contribution is 2.39. The number of thiophene rings is 1. The molecular weight excluding hydrogens is 503 g/mol. The average Bonchev–Trinajstić information content (AvgIpc) is 3.26. The van der Waals surface area contributed by atoms with Crippen molar-refractivity contribution in [2.75, 3.05) is 18.6 Å². The smallest absolute Gasteiger partial charge is 0.416 e. The lowest BCUT2D eigenvalue weighted by Gasteiger charge is -2.18. The molecule has 0 unspecified atom stereocenters. The topological polar surface area (TPSA) is 104 Å². The molecule has 1 aliphatic heterocycles. The van der Waals surface area contributed by atoms with Crippen LogP contribution in [0.2, 0.25) is 0 Å². The molecule has 7 nitrogen and oxygen atoms in total. The summed E-state index contributed by atoms with van der Waals surface area (Å²) >= 11 is 1.17. The van der Waals surface area contributed by atoms with Crippen molar-refractivity contribution in [3.63, 3.8) is 0 Å². The number of fused-ring (bicyclic) bond motifs is 1. The number of alkyl halides is 3. The van der Waals surface area contributed by atoms with E-state index in [2.05, 4.69) is 4.99 Å². The predicted molar refractivity (Wildman–Crippen MR) is 131 cm³/mol. The lowest BCUT2D eigenvalue weighted by molar-refractivity contribution is -0.137. The Bertz CT molecular complexity index is 1460. The van der Waals surface area contributed by atoms with Crippen LogP contribution in [-0.4, -0.2) is 43.5 Å². The third-order valence-corrected chi connectivity index (χ3v) is 8.88. The maximum absolute atomic E-state index is 13.5. The molecule has 35 heavy (non-hydrogen) atoms. The molecule has 4 rings (SSSR count). The molecule has 0 saturated carbocycles. The number of aliphatic imine (C=N–C) groups is 1. The Balaban J connectivity index is 1.85. The number of pyridine rings is 1. The van der Waals surface area contributed by atoms with E-state index in [4.69, 9.17) is 10.5 Å². The van der Waals surface area contributed by atoms with E-state index in [0.717, 1.165) is 12.1 Å². The van der Waals surface area contributed by atoms with Gasteiger partial charge in [-0.1, -0.05) is 0 Å². The molecule has 0 spiro atoms. The molecule has 0 radical (unpaired) electrons. The second kappa shape index (κ2) is 9.30. The van der Waals surface area contributed by atoms with Gasteiger partial charge >= 0.3 is 6.18 Å². The Hall–Kier alpha value is -2.86. The minimum absolute atomic E-state index is 0.0438. The molecule has 1 fully saturated rings. The zero-order valence-corrected chi connectivity index (χ0v) is 20.7. The van der Waals surface area contributed by atoms with Gasteiger partial charge < -0.3 is 15.0 Å². The van der Waals surface area contributed by atoms with Gasteiger partial charge in [0.25, 0.3) is 5.56 Å². The SMILES string of the molecule is CCn1cc(-c2cc(OC)cc(C(F)(F)F)c2)c2sc(C(N)=NC3CCS(=O)(=O)CC3)cc2c1=O. The molecular formula is C23H24F3N3O4S2. The van der Waals surface area contributed by atoms with Crippen molar-refractivity contribution < 1.29 is 26.3 Å². The summed E-state index contributed by atoms with van der Waals surface area (Å²) in [7, 11) is -1.76. The van der Waals surface area contributed by atoms with Crippen LogP contribution in [0.4, 0.5) is 13.2 Å². The maximum atomic E-state index is 13.5. The number of amidine groups is 1. The van der Waals surface area contributed by atoms with Crippen LogP contribution < -0.4 is 16.0 Å². The van der Waals surface area contributed by atoms with Crippen LogP contribution in [0.25, 0.3) is 21.2 Å². The van der Waals surface area contributed by atoms with Gasteiger partial charge in [0.15, 0.2) is 0 Å². The number of hydrogen-bond acceptors (Lipinski definition) is 6. The zero-order chi connectivity index (χ0) is 25.5. The molecule has 0 amide bonds. The van der Waals surface area contributed by atoms with E-state index in [-0.39, 0.29) is 40.3 Å². The highest BCUT2D eigenvalue weighted by molar-refractivity contribution is 7.91. The fourth-order valence-electron chi connectivity index (χ4n) is 4.05. The number of halogens is 3. The Morgan fingerprint density at radius 3 is 2.51 bits per heavy atom. The molecule has 0 atom stereocenters. The second-order valence-corrected chi connectivity index (χ2v) is 11.7. The van der Waals surface area contributed by atoms with Crippen molar-refractivity contribution in [2.45, 2.75) is 38.5 Å². The summed E-state index contributed by atoms with van der Waals surface area (Å²) in [4.78, 5) is 18.0. The first kappa shape index (κ1) is 25.2. The Morgan fingerprint density at radius 1 is 1.23 bits per heavy atom. The van der Waals surface area contributed by atoms with Crippen molar-refractivity contribution in [1.82, 2.24) is 4.57 Å². The van der Waals surface area contributed by atoms with Crippen LogP contribution in [0.1, 0.15) is 30.2 Å². The fraction of sp³-hybridized carbons (Fsp3) is 0.391. The first-order chi connectivity index (χ1) is 16.4. The first-order valence-electron chi connectivity index (χ1n) is 10.9. The normalized spacial score (nSPS) is 17.1. The lowest BCUT2D eigenvalue weighted by atomic mass is 10.0. The Morgan fingerprint density at radius 2 is 1.91 bits per heavy atom. The quantitative estimate of drug-likeness (QED) is 0.398. The standard InChI is InChI=1S/C23H24F3N3O4S2/c1-3-29-12-18(13-8-14(23(24,25)26)10-16(9-13)33-2)20-17(22(29)30)11-19(34-20)21(27)28-15-4-6-35(31,32)7-5-15/h8-12,15H,3-7H2,1-2H3,(H2,27,28). The number of aromatic nitrogens is 1. The zero-order valence-electron chi connectivity index (χ0n) is 19.1. The number of sulfone groups is 1. The number of nitrogens with two attached hydrogens (primary N) is 1. The van der Waals surface area contributed by atoms with Crippen LogP contribution in [0.15, 0.2) is 40.2 Å². The molecule has 0 aliphatic carbocycles. The molecule has 3 aromatic rings. The van der Waals surface area contributed by atoms with E-state index < -0.39 is 21.6 Å². The number of ether oxygens (including phenoxy) is 1. The molecule has 1 aromatic carbocycles. The van der Waals surface area contributed by atoms with E-state index in [1.54, 1.807) is 19.2 Å². The fourth-order valence-corrected chi connectivity index (χ4v) is 6.60. The number of methoxy groups -OCH3 is 1. The molecule has 1 aliphatic rings. The summed E-state index contributed by atoms with van der Waals surface area (Å²) in [5.41, 5.74) is 5.78. The first-order valence-corrected chi connectivity index (χ1v) is 13.5. The predicted octanol–water partition coefficient (Wildman–Crippen LogP) is 4.06. The van der Waals surface area contributed by atoms with E-state index in [9.17, 15) is 26.4 Å². The summed E-state index contributed by atoms with van der Waals surface area (Å²) in [5.74, 6) is 0.306. The minimum atomic E-state index is -4.58. The van der Waals surface area contributed by atoms with E-state index in [1.165, 1.54) is 29.1 Å². The number of nitrogens with zero attached hydrogens (tertiary/aromatic N) is 2. The van der Waals surface area contributed by atoms with Gasteiger partial charge in [-0.25, -0.2) is 8.42 Å². The second-order valence-electron chi connectivity index (χ2n) is 8.33. The summed E-state index contributed by atoms with van der Waals surface area (Å²) in [6.45, 7) is 2.09. The summed E-state index contributed by atoms with van der Waals surface area (Å²) in [5, 5.41) is 0.324. The number of rotatable bonds is 5. The summed E-state index contributed by atoms with van der Waals surface area (Å²) < 4.78 is 70.9. The molecule has 3 heterocycles. The third-order valence-electron chi connectivity index (χ3n) is 5.97. The highest BCUT2D eigenvalue weighted by atomic mass is 32.2. The van der Waals surface area contributed by atoms with E-state index in [0.29, 0.717) is 39.9 Å². The van der Waals surface area contributed by atoms with Crippen LogP contribution in [0.5, 0.6) is 5.75 Å². The van der Waals surface area contributed by atoms with Crippen LogP contribution in [0.3, 0.4) is 0 Å². The number of aryl methyl sites for hydroxylation is 1. The van der Waals surface area contributed by atoms with Crippen molar-refractivity contribution in [3.05, 3.63) is 51.3 Å². The largest absolute Gasteiger partial charge is 0.497 e. The van der Waals surface area contributed by atoms with Crippen molar-refractivity contribution in [3.8, 4) is 16.9 Å². The maximum Gasteiger partial charge on any atom is 0.416 e. The molecule has 0 bridgehead atoms. The van der Waals surface area contributed by atoms with Gasteiger partial charge in [-0.15, -0.1) is 11.3 Å². The van der Waals surface area contributed by atoms with E-state index >= 15 is 0 Å². The minimum Gasteiger partial charge on any atom is -0.497 e. The van der Waals surface area contributed by atoms with Gasteiger partial charge in [-0.2, -0.15) is 13.2 Å². The molecule has 12 heteroatoms. The van der Waals surface area contributed by atoms with Gasteiger partial charge in [0.1, 0.15) is 21.4 Å². The van der Waals surface area contributed by atoms with Gasteiger partial charge in [0.05, 0.1) is 40.5 Å². The van der Waals surface area contributed by atoms with Crippen LogP contribution in [0, 0.1) is 0 Å². The molecule has 188 valence electrons.